The summed E-state index contributed by atoms with van der Waals surface area (Å²) < 4.78 is 0. The van der Waals surface area contributed by atoms with E-state index in [9.17, 15) is 0 Å². The molecule has 2 aliphatic carbocycles. The van der Waals surface area contributed by atoms with E-state index in [2.05, 4.69) is 138 Å². The summed E-state index contributed by atoms with van der Waals surface area (Å²) in [7, 11) is 7.96. The van der Waals surface area contributed by atoms with Gasteiger partial charge in [0.15, 0.2) is 0 Å². The summed E-state index contributed by atoms with van der Waals surface area (Å²) in [5.74, 6) is 5.51. The van der Waals surface area contributed by atoms with Gasteiger partial charge in [-0.2, -0.15) is 0 Å². The molecule has 2 aliphatic rings. The van der Waals surface area contributed by atoms with Crippen molar-refractivity contribution in [1.29, 1.82) is 0 Å². The van der Waals surface area contributed by atoms with Crippen molar-refractivity contribution in [2.45, 2.75) is 26.9 Å². The zero-order valence-electron chi connectivity index (χ0n) is 22.1. The molecule has 0 nitrogen and oxygen atoms in total. The fourth-order valence-electron chi connectivity index (χ4n) is 6.00. The predicted octanol–water partition coefficient (Wildman–Crippen LogP) is 9.88. The summed E-state index contributed by atoms with van der Waals surface area (Å²) in [6.45, 7) is 9.61. The van der Waals surface area contributed by atoms with Crippen LogP contribution in [0.15, 0.2) is 84.9 Å². The van der Waals surface area contributed by atoms with Gasteiger partial charge in [-0.05, 0) is 81.3 Å². The van der Waals surface area contributed by atoms with Gasteiger partial charge in [0.05, 0.1) is 8.07 Å². The number of hydrogen-bond donors (Lipinski definition) is 0. The fourth-order valence-corrected chi connectivity index (χ4v) is 9.44. The maximum atomic E-state index is 4.93. The quantitative estimate of drug-likeness (QED) is 0.197. The molecule has 0 bridgehead atoms. The summed E-state index contributed by atoms with van der Waals surface area (Å²) in [5.41, 5.74) is 5.74. The van der Waals surface area contributed by atoms with E-state index in [0.29, 0.717) is 0 Å². The van der Waals surface area contributed by atoms with Crippen molar-refractivity contribution in [2.75, 3.05) is 0 Å². The molecule has 2 fully saturated rings. The minimum absolute atomic E-state index is 0.826. The number of rotatable bonds is 4. The Morgan fingerprint density at radius 2 is 0.895 bits per heavy atom. The van der Waals surface area contributed by atoms with Crippen LogP contribution in [-0.2, 0) is 20.8 Å². The molecule has 0 aliphatic heterocycles. The third-order valence-electron chi connectivity index (χ3n) is 7.74. The number of hydrogen-bond acceptors (Lipinski definition) is 0. The molecular formula is C34H30Cl2SiZr+2. The summed E-state index contributed by atoms with van der Waals surface area (Å²) in [6.07, 6.45) is 9.76. The van der Waals surface area contributed by atoms with Crippen LogP contribution in [0.2, 0.25) is 13.1 Å². The second kappa shape index (κ2) is 12.3. The first kappa shape index (κ1) is 28.6. The number of halogens is 2. The molecule has 0 amide bonds. The molecule has 186 valence electrons. The van der Waals surface area contributed by atoms with E-state index in [-0.39, 0.29) is 0 Å². The molecule has 0 atom stereocenters. The van der Waals surface area contributed by atoms with Crippen LogP contribution in [0.1, 0.15) is 25.0 Å². The van der Waals surface area contributed by atoms with Gasteiger partial charge in [-0.25, -0.2) is 0 Å². The van der Waals surface area contributed by atoms with Gasteiger partial charge in [-0.15, -0.1) is 0 Å². The Balaban J connectivity index is 0.000000937. The van der Waals surface area contributed by atoms with E-state index in [1.54, 1.807) is 11.1 Å². The van der Waals surface area contributed by atoms with Crippen LogP contribution >= 0.6 is 17.0 Å². The summed E-state index contributed by atoms with van der Waals surface area (Å²) >= 11 is -0.826. The van der Waals surface area contributed by atoms with Crippen LogP contribution in [0.3, 0.4) is 0 Å². The van der Waals surface area contributed by atoms with Crippen LogP contribution in [-0.4, -0.2) is 8.07 Å². The zero-order valence-corrected chi connectivity index (χ0v) is 27.1. The summed E-state index contributed by atoms with van der Waals surface area (Å²) in [4.78, 5) is 0. The first-order chi connectivity index (χ1) is 18.3. The van der Waals surface area contributed by atoms with E-state index in [1.165, 1.54) is 56.3 Å². The Hall–Kier alpha value is -0.920. The fraction of sp³-hybridized carbons (Fsp3) is 0.118. The Morgan fingerprint density at radius 1 is 0.526 bits per heavy atom. The van der Waals surface area contributed by atoms with Gasteiger partial charge in [-0.3, -0.25) is 0 Å². The standard InChI is InChI=1S/C34H30Si.2ClH.Zr/c1-23-19-27(31-17-9-13-25-11-5-7-15-29(25)31)21-33(23)35(3,4)34-22-28(20-24(34)2)32-18-10-14-26-12-6-8-16-30(26)32;;;/h5-22H,1-4H3;2*1H;/q;;;+4/p-2. The van der Waals surface area contributed by atoms with E-state index in [4.69, 9.17) is 17.0 Å². The topological polar surface area (TPSA) is 0 Å². The van der Waals surface area contributed by atoms with Crippen molar-refractivity contribution in [3.63, 3.8) is 0 Å². The molecule has 2 saturated carbocycles. The van der Waals surface area contributed by atoms with E-state index >= 15 is 0 Å². The van der Waals surface area contributed by atoms with Crippen LogP contribution in [0.4, 0.5) is 0 Å². The van der Waals surface area contributed by atoms with Crippen molar-refractivity contribution in [1.82, 2.24) is 0 Å². The normalized spacial score (nSPS) is 18.7. The van der Waals surface area contributed by atoms with Gasteiger partial charge in [0.1, 0.15) is 0 Å². The van der Waals surface area contributed by atoms with E-state index in [1.807, 2.05) is 0 Å². The molecule has 0 heterocycles. The van der Waals surface area contributed by atoms with Crippen LogP contribution in [0, 0.1) is 60.4 Å². The van der Waals surface area contributed by atoms with Crippen LogP contribution in [0.25, 0.3) is 21.5 Å². The van der Waals surface area contributed by atoms with Crippen LogP contribution in [0.5, 0.6) is 0 Å². The van der Waals surface area contributed by atoms with Crippen molar-refractivity contribution >= 4 is 46.6 Å². The summed E-state index contributed by atoms with van der Waals surface area (Å²) in [5, 5.41) is 5.25. The molecule has 0 saturated heterocycles. The molecule has 0 aromatic heterocycles. The molecule has 4 aromatic carbocycles. The van der Waals surface area contributed by atoms with Crippen molar-refractivity contribution in [3.05, 3.63) is 156 Å². The second-order valence-corrected chi connectivity index (χ2v) is 18.5. The molecule has 0 spiro atoms. The molecule has 0 unspecified atom stereocenters. The Kier molecular flexibility index (Phi) is 9.26. The third kappa shape index (κ3) is 5.63. The van der Waals surface area contributed by atoms with Gasteiger partial charge in [0.25, 0.3) is 0 Å². The average Bonchev–Trinajstić information content (AvgIpc) is 3.52. The first-order valence-electron chi connectivity index (χ1n) is 12.8. The molecule has 38 heavy (non-hydrogen) atoms. The van der Waals surface area contributed by atoms with Gasteiger partial charge in [-0.1, -0.05) is 112 Å². The van der Waals surface area contributed by atoms with Crippen LogP contribution < -0.4 is 0 Å². The van der Waals surface area contributed by atoms with Gasteiger partial charge in [0.2, 0.25) is 0 Å². The molecule has 10 radical (unpaired) electrons. The van der Waals surface area contributed by atoms with E-state index in [0.717, 1.165) is 0 Å². The molecule has 4 aromatic rings. The Morgan fingerprint density at radius 3 is 1.32 bits per heavy atom. The zero-order chi connectivity index (χ0) is 26.9. The van der Waals surface area contributed by atoms with Gasteiger partial charge < -0.3 is 0 Å². The average molecular weight is 629 g/mol. The monoisotopic (exact) mass is 626 g/mol. The first-order valence-corrected chi connectivity index (χ1v) is 22.2. The van der Waals surface area contributed by atoms with Crippen molar-refractivity contribution in [2.24, 2.45) is 0 Å². The third-order valence-corrected chi connectivity index (χ3v) is 11.5. The summed E-state index contributed by atoms with van der Waals surface area (Å²) in [6, 6.07) is 30.7. The molecule has 4 heteroatoms. The molecule has 6 rings (SSSR count). The van der Waals surface area contributed by atoms with Crippen molar-refractivity contribution in [3.8, 4) is 0 Å². The van der Waals surface area contributed by atoms with Gasteiger partial charge in [0, 0.05) is 11.8 Å². The number of benzene rings is 4. The molecule has 0 N–H and O–H groups in total. The maximum absolute atomic E-state index is 4.93. The molecular weight excluding hydrogens is 599 g/mol. The minimum atomic E-state index is -1.90. The Bertz CT molecular complexity index is 1270. The Labute approximate surface area is 249 Å². The predicted molar refractivity (Wildman–Crippen MR) is 163 cm³/mol. The van der Waals surface area contributed by atoms with Crippen molar-refractivity contribution < 1.29 is 20.8 Å². The second-order valence-electron chi connectivity index (χ2n) is 10.4. The van der Waals surface area contributed by atoms with E-state index < -0.39 is 28.9 Å². The number of fused-ring (bicyclic) bond motifs is 2. The van der Waals surface area contributed by atoms with Gasteiger partial charge >= 0.3 is 37.9 Å². The SMILES string of the molecule is C[C]1[CH][C](c2cccc3ccccc23)[CH][C]1[Si](C)(C)[C]1[CH][C](c2cccc3ccccc23)[CH][C]1C.[Cl][Zr+2][Cl].